The van der Waals surface area contributed by atoms with Gasteiger partial charge in [-0.25, -0.2) is 13.4 Å². The first-order chi connectivity index (χ1) is 14.2. The number of amides is 1. The molecular formula is C22H31N3O3S2. The average molecular weight is 450 g/mol. The first kappa shape index (κ1) is 22.9. The fraction of sp³-hybridized carbons (Fsp3) is 0.545. The average Bonchev–Trinajstić information content (AvgIpc) is 3.29. The Labute approximate surface area is 184 Å². The quantitative estimate of drug-likeness (QED) is 0.574. The van der Waals surface area contributed by atoms with Crippen LogP contribution in [0.15, 0.2) is 41.8 Å². The summed E-state index contributed by atoms with van der Waals surface area (Å²) in [6, 6.07) is 8.01. The predicted octanol–water partition coefficient (Wildman–Crippen LogP) is 3.76. The van der Waals surface area contributed by atoms with E-state index in [1.165, 1.54) is 17.3 Å². The van der Waals surface area contributed by atoms with Gasteiger partial charge in [0.1, 0.15) is 0 Å². The van der Waals surface area contributed by atoms with E-state index in [4.69, 9.17) is 0 Å². The summed E-state index contributed by atoms with van der Waals surface area (Å²) in [6.45, 7) is 8.99. The van der Waals surface area contributed by atoms with Crippen LogP contribution in [0.25, 0.3) is 5.69 Å². The number of imidazole rings is 1. The van der Waals surface area contributed by atoms with Crippen LogP contribution >= 0.6 is 11.8 Å². The molecule has 3 rings (SSSR count). The van der Waals surface area contributed by atoms with Crippen LogP contribution in [0.5, 0.6) is 0 Å². The molecule has 1 aliphatic heterocycles. The lowest BCUT2D eigenvalue weighted by Gasteiger charge is -2.30. The number of sulfone groups is 1. The molecule has 0 radical (unpaired) electrons. The third-order valence-electron chi connectivity index (χ3n) is 5.28. The maximum absolute atomic E-state index is 13.1. The molecule has 0 aliphatic carbocycles. The Morgan fingerprint density at radius 2 is 2.00 bits per heavy atom. The van der Waals surface area contributed by atoms with Crippen molar-refractivity contribution in [3.05, 3.63) is 42.2 Å². The zero-order valence-electron chi connectivity index (χ0n) is 18.1. The van der Waals surface area contributed by atoms with Crippen molar-refractivity contribution >= 4 is 27.5 Å². The van der Waals surface area contributed by atoms with Gasteiger partial charge in [-0.15, -0.1) is 0 Å². The van der Waals surface area contributed by atoms with E-state index < -0.39 is 9.84 Å². The second-order valence-electron chi connectivity index (χ2n) is 8.58. The van der Waals surface area contributed by atoms with Gasteiger partial charge in [0.05, 0.1) is 22.9 Å². The Morgan fingerprint density at radius 1 is 1.27 bits per heavy atom. The molecule has 0 spiro atoms. The van der Waals surface area contributed by atoms with Crippen molar-refractivity contribution in [2.24, 2.45) is 5.92 Å². The summed E-state index contributed by atoms with van der Waals surface area (Å²) in [5, 5.41) is 0.764. The first-order valence-corrected chi connectivity index (χ1v) is 13.2. The number of hydrogen-bond acceptors (Lipinski definition) is 5. The summed E-state index contributed by atoms with van der Waals surface area (Å²) in [6.07, 6.45) is 4.20. The van der Waals surface area contributed by atoms with Crippen molar-refractivity contribution in [2.45, 2.75) is 51.2 Å². The maximum Gasteiger partial charge on any atom is 0.233 e. The van der Waals surface area contributed by atoms with Crippen LogP contribution < -0.4 is 0 Å². The number of carbonyl (C=O) groups excluding carboxylic acids is 1. The molecule has 1 aromatic heterocycles. The van der Waals surface area contributed by atoms with E-state index >= 15 is 0 Å². The summed E-state index contributed by atoms with van der Waals surface area (Å²) in [4.78, 5) is 19.3. The highest BCUT2D eigenvalue weighted by molar-refractivity contribution is 7.99. The van der Waals surface area contributed by atoms with Crippen LogP contribution in [0.4, 0.5) is 0 Å². The smallest absolute Gasteiger partial charge is 0.233 e. The molecule has 0 saturated carbocycles. The van der Waals surface area contributed by atoms with Gasteiger partial charge >= 0.3 is 0 Å². The van der Waals surface area contributed by atoms with Crippen LogP contribution in [0, 0.1) is 5.92 Å². The molecule has 1 atom stereocenters. The van der Waals surface area contributed by atoms with Gasteiger partial charge in [0, 0.05) is 25.0 Å². The molecule has 1 amide bonds. The molecule has 1 saturated heterocycles. The number of benzene rings is 1. The Bertz CT molecular complexity index is 983. The lowest BCUT2D eigenvalue weighted by molar-refractivity contribution is -0.130. The van der Waals surface area contributed by atoms with Gasteiger partial charge < -0.3 is 4.90 Å². The summed E-state index contributed by atoms with van der Waals surface area (Å²) in [5.74, 6) is 1.11. The zero-order chi connectivity index (χ0) is 21.9. The number of hydrogen-bond donors (Lipinski definition) is 0. The molecule has 6 nitrogen and oxygen atoms in total. The van der Waals surface area contributed by atoms with Crippen LogP contribution in [-0.4, -0.2) is 58.6 Å². The van der Waals surface area contributed by atoms with E-state index in [0.717, 1.165) is 10.8 Å². The normalized spacial score (nSPS) is 18.3. The molecule has 1 aromatic carbocycles. The SMILES string of the molecule is CC(C)CN(C(=O)CSc1nccn1-c1ccccc1C(C)C)C1CCS(=O)(=O)C1. The molecular weight excluding hydrogens is 418 g/mol. The van der Waals surface area contributed by atoms with Crippen molar-refractivity contribution in [1.82, 2.24) is 14.5 Å². The third-order valence-corrected chi connectivity index (χ3v) is 7.98. The van der Waals surface area contributed by atoms with Gasteiger partial charge in [-0.1, -0.05) is 57.7 Å². The molecule has 1 aliphatic rings. The van der Waals surface area contributed by atoms with Gasteiger partial charge in [0.15, 0.2) is 15.0 Å². The first-order valence-electron chi connectivity index (χ1n) is 10.4. The lowest BCUT2D eigenvalue weighted by atomic mass is 10.0. The Balaban J connectivity index is 1.75. The zero-order valence-corrected chi connectivity index (χ0v) is 19.7. The van der Waals surface area contributed by atoms with E-state index in [1.807, 2.05) is 36.7 Å². The fourth-order valence-corrected chi connectivity index (χ4v) is 6.44. The third kappa shape index (κ3) is 5.46. The minimum atomic E-state index is -3.04. The molecule has 2 aromatic rings. The summed E-state index contributed by atoms with van der Waals surface area (Å²) in [7, 11) is -3.04. The number of thioether (sulfide) groups is 1. The fourth-order valence-electron chi connectivity index (χ4n) is 3.85. The monoisotopic (exact) mass is 449 g/mol. The van der Waals surface area contributed by atoms with Gasteiger partial charge in [-0.2, -0.15) is 0 Å². The standard InChI is InChI=1S/C22H31N3O3S2/c1-16(2)13-25(18-9-12-30(27,28)15-18)21(26)14-29-22-23-10-11-24(22)20-8-6-5-7-19(20)17(3)4/h5-8,10-11,16-18H,9,12-15H2,1-4H3. The summed E-state index contributed by atoms with van der Waals surface area (Å²) >= 11 is 1.40. The minimum Gasteiger partial charge on any atom is -0.338 e. The molecule has 30 heavy (non-hydrogen) atoms. The maximum atomic E-state index is 13.1. The number of aromatic nitrogens is 2. The van der Waals surface area contributed by atoms with Gasteiger partial charge in [0.25, 0.3) is 0 Å². The Morgan fingerprint density at radius 3 is 2.63 bits per heavy atom. The van der Waals surface area contributed by atoms with Crippen LogP contribution in [0.3, 0.4) is 0 Å². The number of para-hydroxylation sites is 1. The van der Waals surface area contributed by atoms with Crippen LogP contribution in [0.1, 0.15) is 45.6 Å². The Kier molecular flexibility index (Phi) is 7.29. The number of nitrogens with zero attached hydrogens (tertiary/aromatic N) is 3. The predicted molar refractivity (Wildman–Crippen MR) is 122 cm³/mol. The highest BCUT2D eigenvalue weighted by atomic mass is 32.2. The molecule has 1 unspecified atom stereocenters. The lowest BCUT2D eigenvalue weighted by Crippen LogP contribution is -2.44. The van der Waals surface area contributed by atoms with Crippen molar-refractivity contribution in [1.29, 1.82) is 0 Å². The van der Waals surface area contributed by atoms with Crippen LogP contribution in [-0.2, 0) is 14.6 Å². The summed E-state index contributed by atoms with van der Waals surface area (Å²) < 4.78 is 25.9. The van der Waals surface area contributed by atoms with E-state index in [2.05, 4.69) is 31.0 Å². The molecule has 164 valence electrons. The highest BCUT2D eigenvalue weighted by Gasteiger charge is 2.34. The van der Waals surface area contributed by atoms with Crippen molar-refractivity contribution < 1.29 is 13.2 Å². The second kappa shape index (κ2) is 9.56. The molecule has 0 bridgehead atoms. The topological polar surface area (TPSA) is 72.3 Å². The molecule has 8 heteroatoms. The van der Waals surface area contributed by atoms with E-state index in [0.29, 0.717) is 18.9 Å². The minimum absolute atomic E-state index is 0.0255. The van der Waals surface area contributed by atoms with E-state index in [1.54, 1.807) is 11.1 Å². The highest BCUT2D eigenvalue weighted by Crippen LogP contribution is 2.28. The molecule has 2 heterocycles. The number of carbonyl (C=O) groups is 1. The largest absolute Gasteiger partial charge is 0.338 e. The number of rotatable bonds is 8. The molecule has 0 N–H and O–H groups in total. The van der Waals surface area contributed by atoms with Gasteiger partial charge in [0.2, 0.25) is 5.91 Å². The van der Waals surface area contributed by atoms with E-state index in [9.17, 15) is 13.2 Å². The molecule has 1 fully saturated rings. The summed E-state index contributed by atoms with van der Waals surface area (Å²) in [5.41, 5.74) is 2.29. The van der Waals surface area contributed by atoms with Crippen molar-refractivity contribution in [2.75, 3.05) is 23.8 Å². The van der Waals surface area contributed by atoms with Gasteiger partial charge in [-0.05, 0) is 29.9 Å². The Hall–Kier alpha value is -1.80. The van der Waals surface area contributed by atoms with Gasteiger partial charge in [-0.3, -0.25) is 9.36 Å². The van der Waals surface area contributed by atoms with Crippen LogP contribution in [0.2, 0.25) is 0 Å². The second-order valence-corrected chi connectivity index (χ2v) is 11.8. The van der Waals surface area contributed by atoms with Crippen molar-refractivity contribution in [3.8, 4) is 5.69 Å². The van der Waals surface area contributed by atoms with Crippen molar-refractivity contribution in [3.63, 3.8) is 0 Å². The van der Waals surface area contributed by atoms with E-state index in [-0.39, 0.29) is 35.1 Å².